The van der Waals surface area contributed by atoms with Crippen molar-refractivity contribution < 1.29 is 23.8 Å². The van der Waals surface area contributed by atoms with Crippen LogP contribution >= 0.6 is 0 Å². The van der Waals surface area contributed by atoms with Gasteiger partial charge in [-0.25, -0.2) is 4.79 Å². The van der Waals surface area contributed by atoms with E-state index in [1.54, 1.807) is 24.3 Å². The number of nitrogens with one attached hydrogen (secondary N) is 1. The molecule has 0 radical (unpaired) electrons. The number of carbonyl (C=O) groups excluding carboxylic acids is 2. The molecule has 0 bridgehead atoms. The molecule has 1 heterocycles. The van der Waals surface area contributed by atoms with Crippen molar-refractivity contribution in [1.29, 1.82) is 5.26 Å². The minimum atomic E-state index is -0.870. The van der Waals surface area contributed by atoms with Crippen LogP contribution in [0.3, 0.4) is 0 Å². The molecule has 7 heteroatoms. The largest absolute Gasteiger partial charge is 0.454 e. The molecule has 0 aliphatic carbocycles. The maximum Gasteiger partial charge on any atom is 0.349 e. The Morgan fingerprint density at radius 2 is 1.93 bits per heavy atom. The Bertz CT molecular complexity index is 916. The molecule has 2 aromatic carbocycles. The number of ether oxygens (including phenoxy) is 3. The van der Waals surface area contributed by atoms with Gasteiger partial charge in [-0.15, -0.1) is 0 Å². The molecular formula is C20H16N2O5. The lowest BCUT2D eigenvalue weighted by atomic mass is 10.1. The van der Waals surface area contributed by atoms with Crippen LogP contribution in [0.1, 0.15) is 11.1 Å². The van der Waals surface area contributed by atoms with E-state index in [2.05, 4.69) is 5.32 Å². The summed E-state index contributed by atoms with van der Waals surface area (Å²) in [5, 5.41) is 11.8. The minimum absolute atomic E-state index is 0.133. The van der Waals surface area contributed by atoms with Crippen LogP contribution < -0.4 is 14.8 Å². The van der Waals surface area contributed by atoms with E-state index in [9.17, 15) is 14.9 Å². The van der Waals surface area contributed by atoms with Crippen molar-refractivity contribution in [2.45, 2.75) is 6.54 Å². The molecule has 3 rings (SSSR count). The third-order valence-electron chi connectivity index (χ3n) is 3.71. The van der Waals surface area contributed by atoms with Gasteiger partial charge in [-0.3, -0.25) is 4.79 Å². The number of hydrogen-bond donors (Lipinski definition) is 1. The molecule has 27 heavy (non-hydrogen) atoms. The molecule has 0 saturated heterocycles. The van der Waals surface area contributed by atoms with E-state index < -0.39 is 18.5 Å². The lowest BCUT2D eigenvalue weighted by Gasteiger charge is -2.06. The number of benzene rings is 2. The fourth-order valence-electron chi connectivity index (χ4n) is 2.36. The highest BCUT2D eigenvalue weighted by molar-refractivity contribution is 5.98. The number of nitriles is 1. The molecule has 0 unspecified atom stereocenters. The van der Waals surface area contributed by atoms with Gasteiger partial charge in [0.15, 0.2) is 18.1 Å². The van der Waals surface area contributed by atoms with Gasteiger partial charge in [-0.2, -0.15) is 5.26 Å². The summed E-state index contributed by atoms with van der Waals surface area (Å²) in [6.07, 6.45) is 1.37. The van der Waals surface area contributed by atoms with Crippen molar-refractivity contribution in [2.24, 2.45) is 0 Å². The van der Waals surface area contributed by atoms with E-state index in [1.807, 2.05) is 30.3 Å². The SMILES string of the molecule is N#C/C(=C/c1ccc2c(c1)OCO2)C(=O)OCC(=O)NCc1ccccc1. The van der Waals surface area contributed by atoms with Crippen molar-refractivity contribution >= 4 is 18.0 Å². The van der Waals surface area contributed by atoms with Crippen LogP contribution in [0, 0.1) is 11.3 Å². The summed E-state index contributed by atoms with van der Waals surface area (Å²) in [5.74, 6) is -0.185. The summed E-state index contributed by atoms with van der Waals surface area (Å²) in [7, 11) is 0. The summed E-state index contributed by atoms with van der Waals surface area (Å²) < 4.78 is 15.4. The van der Waals surface area contributed by atoms with Crippen LogP contribution in [-0.2, 0) is 20.9 Å². The summed E-state index contributed by atoms with van der Waals surface area (Å²) in [6.45, 7) is -0.00502. The highest BCUT2D eigenvalue weighted by Crippen LogP contribution is 2.33. The second-order valence-electron chi connectivity index (χ2n) is 5.62. The van der Waals surface area contributed by atoms with Crippen LogP contribution in [0.4, 0.5) is 0 Å². The van der Waals surface area contributed by atoms with E-state index in [1.165, 1.54) is 6.08 Å². The smallest absolute Gasteiger partial charge is 0.349 e. The van der Waals surface area contributed by atoms with Gasteiger partial charge in [-0.1, -0.05) is 36.4 Å². The Morgan fingerprint density at radius 3 is 2.70 bits per heavy atom. The van der Waals surface area contributed by atoms with Crippen molar-refractivity contribution in [3.05, 3.63) is 65.2 Å². The second-order valence-corrected chi connectivity index (χ2v) is 5.62. The molecule has 1 aliphatic heterocycles. The molecular weight excluding hydrogens is 348 g/mol. The highest BCUT2D eigenvalue weighted by Gasteiger charge is 2.16. The Morgan fingerprint density at radius 1 is 1.15 bits per heavy atom. The lowest BCUT2D eigenvalue weighted by molar-refractivity contribution is -0.144. The van der Waals surface area contributed by atoms with Gasteiger partial charge in [0.2, 0.25) is 6.79 Å². The number of hydrogen-bond acceptors (Lipinski definition) is 6. The van der Waals surface area contributed by atoms with E-state index >= 15 is 0 Å². The van der Waals surface area contributed by atoms with E-state index in [4.69, 9.17) is 14.2 Å². The van der Waals surface area contributed by atoms with Crippen LogP contribution in [-0.4, -0.2) is 25.3 Å². The molecule has 1 N–H and O–H groups in total. The number of fused-ring (bicyclic) bond motifs is 1. The summed E-state index contributed by atoms with van der Waals surface area (Å²) in [4.78, 5) is 23.8. The van der Waals surface area contributed by atoms with Crippen LogP contribution in [0.15, 0.2) is 54.1 Å². The maximum absolute atomic E-state index is 12.0. The molecule has 1 aliphatic rings. The summed E-state index contributed by atoms with van der Waals surface area (Å²) >= 11 is 0. The summed E-state index contributed by atoms with van der Waals surface area (Å²) in [6, 6.07) is 16.1. The standard InChI is InChI=1S/C20H16N2O5/c21-10-16(8-15-6-7-17-18(9-15)27-13-26-17)20(24)25-12-19(23)22-11-14-4-2-1-3-5-14/h1-9H,11-13H2,(H,22,23)/b16-8-. The molecule has 2 aromatic rings. The average molecular weight is 364 g/mol. The molecule has 1 amide bonds. The van der Waals surface area contributed by atoms with Crippen LogP contribution in [0.5, 0.6) is 11.5 Å². The monoisotopic (exact) mass is 364 g/mol. The fraction of sp³-hybridized carbons (Fsp3) is 0.150. The number of carbonyl (C=O) groups is 2. The molecule has 0 spiro atoms. The third kappa shape index (κ3) is 4.86. The second kappa shape index (κ2) is 8.54. The third-order valence-corrected chi connectivity index (χ3v) is 3.71. The number of nitrogens with zero attached hydrogens (tertiary/aromatic N) is 1. The van der Waals surface area contributed by atoms with Gasteiger partial charge in [0.1, 0.15) is 11.6 Å². The predicted octanol–water partition coefficient (Wildman–Crippen LogP) is 2.18. The van der Waals surface area contributed by atoms with E-state index in [-0.39, 0.29) is 12.4 Å². The minimum Gasteiger partial charge on any atom is -0.454 e. The van der Waals surface area contributed by atoms with Gasteiger partial charge in [0.25, 0.3) is 5.91 Å². The first-order chi connectivity index (χ1) is 13.2. The Hall–Kier alpha value is -3.79. The highest BCUT2D eigenvalue weighted by atomic mass is 16.7. The zero-order valence-electron chi connectivity index (χ0n) is 14.3. The number of esters is 1. The quantitative estimate of drug-likeness (QED) is 0.479. The first-order valence-corrected chi connectivity index (χ1v) is 8.15. The Balaban J connectivity index is 1.54. The molecule has 0 atom stereocenters. The van der Waals surface area contributed by atoms with Crippen LogP contribution in [0.2, 0.25) is 0 Å². The Labute approximate surface area is 155 Å². The average Bonchev–Trinajstić information content (AvgIpc) is 3.17. The fourth-order valence-corrected chi connectivity index (χ4v) is 2.36. The van der Waals surface area contributed by atoms with Crippen molar-refractivity contribution in [1.82, 2.24) is 5.32 Å². The van der Waals surface area contributed by atoms with Gasteiger partial charge < -0.3 is 19.5 Å². The first kappa shape index (κ1) is 18.0. The first-order valence-electron chi connectivity index (χ1n) is 8.15. The normalized spacial score (nSPS) is 12.2. The molecule has 0 fully saturated rings. The zero-order chi connectivity index (χ0) is 19.1. The lowest BCUT2D eigenvalue weighted by Crippen LogP contribution is -2.28. The molecule has 136 valence electrons. The van der Waals surface area contributed by atoms with Crippen molar-refractivity contribution in [3.63, 3.8) is 0 Å². The molecule has 7 nitrogen and oxygen atoms in total. The number of rotatable bonds is 6. The zero-order valence-corrected chi connectivity index (χ0v) is 14.3. The predicted molar refractivity (Wildman–Crippen MR) is 95.4 cm³/mol. The van der Waals surface area contributed by atoms with E-state index in [0.717, 1.165) is 5.56 Å². The Kier molecular flexibility index (Phi) is 5.70. The van der Waals surface area contributed by atoms with E-state index in [0.29, 0.717) is 23.6 Å². The van der Waals surface area contributed by atoms with Gasteiger partial charge >= 0.3 is 5.97 Å². The molecule has 0 saturated carbocycles. The number of amides is 1. The van der Waals surface area contributed by atoms with Gasteiger partial charge in [0.05, 0.1) is 0 Å². The summed E-state index contributed by atoms with van der Waals surface area (Å²) in [5.41, 5.74) is 1.29. The molecule has 0 aromatic heterocycles. The van der Waals surface area contributed by atoms with Crippen molar-refractivity contribution in [2.75, 3.05) is 13.4 Å². The topological polar surface area (TPSA) is 97.7 Å². The van der Waals surface area contributed by atoms with Gasteiger partial charge in [0, 0.05) is 6.54 Å². The maximum atomic E-state index is 12.0. The van der Waals surface area contributed by atoms with Gasteiger partial charge in [-0.05, 0) is 29.3 Å². The van der Waals surface area contributed by atoms with Crippen molar-refractivity contribution in [3.8, 4) is 17.6 Å². The van der Waals surface area contributed by atoms with Crippen LogP contribution in [0.25, 0.3) is 6.08 Å².